The Balaban J connectivity index is 2.70. The van der Waals surface area contributed by atoms with E-state index in [2.05, 4.69) is 18.8 Å². The molecule has 2 heterocycles. The normalized spacial score (nSPS) is 11.2. The first-order valence-corrected chi connectivity index (χ1v) is 5.63. The highest BCUT2D eigenvalue weighted by atomic mass is 16.1. The van der Waals surface area contributed by atoms with Gasteiger partial charge in [-0.15, -0.1) is 0 Å². The third-order valence-electron chi connectivity index (χ3n) is 2.78. The maximum Gasteiger partial charge on any atom is 0.259 e. The Morgan fingerprint density at radius 2 is 2.06 bits per heavy atom. The molecule has 16 heavy (non-hydrogen) atoms. The van der Waals surface area contributed by atoms with Crippen LogP contribution in [-0.4, -0.2) is 9.55 Å². The summed E-state index contributed by atoms with van der Waals surface area (Å²) in [6.45, 7) is 6.85. The Morgan fingerprint density at radius 3 is 2.69 bits per heavy atom. The molecule has 0 aliphatic heterocycles. The lowest BCUT2D eigenvalue weighted by molar-refractivity contribution is 0.733. The third-order valence-corrected chi connectivity index (χ3v) is 2.78. The molecule has 0 saturated heterocycles. The van der Waals surface area contributed by atoms with E-state index in [0.29, 0.717) is 17.8 Å². The van der Waals surface area contributed by atoms with Crippen LogP contribution in [-0.2, 0) is 6.54 Å². The Labute approximate surface area is 94.7 Å². The second kappa shape index (κ2) is 4.08. The van der Waals surface area contributed by atoms with E-state index in [1.54, 1.807) is 4.57 Å². The Bertz CT molecular complexity index is 570. The number of hydrogen-bond donors (Lipinski definition) is 0. The van der Waals surface area contributed by atoms with E-state index in [-0.39, 0.29) is 5.56 Å². The van der Waals surface area contributed by atoms with Gasteiger partial charge in [0, 0.05) is 18.4 Å². The van der Waals surface area contributed by atoms with Crippen LogP contribution in [0, 0.1) is 0 Å². The molecule has 3 heteroatoms. The number of hydrogen-bond acceptors (Lipinski definition) is 2. The van der Waals surface area contributed by atoms with E-state index in [1.165, 1.54) is 0 Å². The largest absolute Gasteiger partial charge is 0.315 e. The monoisotopic (exact) mass is 216 g/mol. The molecular weight excluding hydrogens is 200 g/mol. The molecule has 84 valence electrons. The van der Waals surface area contributed by atoms with Gasteiger partial charge in [0.25, 0.3) is 5.56 Å². The Morgan fingerprint density at radius 1 is 1.31 bits per heavy atom. The summed E-state index contributed by atoms with van der Waals surface area (Å²) in [4.78, 5) is 16.5. The molecule has 3 nitrogen and oxygen atoms in total. The Hall–Kier alpha value is -1.64. The van der Waals surface area contributed by atoms with Gasteiger partial charge >= 0.3 is 0 Å². The molecule has 0 aromatic carbocycles. The molecule has 0 spiro atoms. The molecule has 0 unspecified atom stereocenters. The highest BCUT2D eigenvalue weighted by Gasteiger charge is 2.05. The topological polar surface area (TPSA) is 34.9 Å². The maximum atomic E-state index is 12.0. The zero-order chi connectivity index (χ0) is 11.7. The Kier molecular flexibility index (Phi) is 2.77. The molecule has 0 atom stereocenters. The van der Waals surface area contributed by atoms with Crippen molar-refractivity contribution in [2.75, 3.05) is 0 Å². The van der Waals surface area contributed by atoms with Gasteiger partial charge in [-0.05, 0) is 31.0 Å². The lowest BCUT2D eigenvalue weighted by atomic mass is 10.1. The van der Waals surface area contributed by atoms with Crippen molar-refractivity contribution in [2.45, 2.75) is 33.2 Å². The zero-order valence-electron chi connectivity index (χ0n) is 9.90. The lowest BCUT2D eigenvalue weighted by Gasteiger charge is -2.07. The van der Waals surface area contributed by atoms with Gasteiger partial charge in [0.15, 0.2) is 0 Å². The van der Waals surface area contributed by atoms with E-state index in [0.717, 1.165) is 11.2 Å². The van der Waals surface area contributed by atoms with Crippen molar-refractivity contribution in [1.29, 1.82) is 0 Å². The fourth-order valence-electron chi connectivity index (χ4n) is 1.75. The van der Waals surface area contributed by atoms with E-state index < -0.39 is 0 Å². The fraction of sp³-hybridized carbons (Fsp3) is 0.385. The molecule has 0 fully saturated rings. The van der Waals surface area contributed by atoms with E-state index in [4.69, 9.17) is 0 Å². The average Bonchev–Trinajstić information content (AvgIpc) is 2.29. The van der Waals surface area contributed by atoms with Gasteiger partial charge < -0.3 is 4.57 Å². The second-order valence-corrected chi connectivity index (χ2v) is 4.23. The van der Waals surface area contributed by atoms with Gasteiger partial charge in [0.1, 0.15) is 0 Å². The van der Waals surface area contributed by atoms with E-state index in [1.807, 2.05) is 31.3 Å². The van der Waals surface area contributed by atoms with Crippen LogP contribution in [0.4, 0.5) is 0 Å². The predicted molar refractivity (Wildman–Crippen MR) is 65.8 cm³/mol. The van der Waals surface area contributed by atoms with Crippen molar-refractivity contribution < 1.29 is 0 Å². The summed E-state index contributed by atoms with van der Waals surface area (Å²) >= 11 is 0. The van der Waals surface area contributed by atoms with Gasteiger partial charge in [-0.25, -0.2) is 0 Å². The third kappa shape index (κ3) is 1.73. The lowest BCUT2D eigenvalue weighted by Crippen LogP contribution is -2.18. The van der Waals surface area contributed by atoms with Crippen LogP contribution in [0.25, 0.3) is 10.9 Å². The number of nitrogens with zero attached hydrogens (tertiary/aromatic N) is 2. The number of aromatic nitrogens is 2. The van der Waals surface area contributed by atoms with Gasteiger partial charge in [0.05, 0.1) is 10.9 Å². The summed E-state index contributed by atoms with van der Waals surface area (Å²) in [5.41, 5.74) is 1.87. The van der Waals surface area contributed by atoms with Crippen LogP contribution >= 0.6 is 0 Å². The van der Waals surface area contributed by atoms with Crippen LogP contribution in [0.3, 0.4) is 0 Å². The van der Waals surface area contributed by atoms with Crippen LogP contribution in [0.2, 0.25) is 0 Å². The van der Waals surface area contributed by atoms with Crippen molar-refractivity contribution in [2.24, 2.45) is 0 Å². The SMILES string of the molecule is CCn1ccc2nc(C(C)C)ccc2c1=O. The summed E-state index contributed by atoms with van der Waals surface area (Å²) in [6, 6.07) is 5.73. The van der Waals surface area contributed by atoms with Crippen LogP contribution in [0.15, 0.2) is 29.2 Å². The molecule has 2 aromatic rings. The van der Waals surface area contributed by atoms with Crippen molar-refractivity contribution in [1.82, 2.24) is 9.55 Å². The quantitative estimate of drug-likeness (QED) is 0.773. The van der Waals surface area contributed by atoms with Crippen molar-refractivity contribution >= 4 is 10.9 Å². The summed E-state index contributed by atoms with van der Waals surface area (Å²) in [7, 11) is 0. The number of pyridine rings is 2. The van der Waals surface area contributed by atoms with Crippen molar-refractivity contribution in [3.63, 3.8) is 0 Å². The first kappa shape index (κ1) is 10.9. The number of rotatable bonds is 2. The van der Waals surface area contributed by atoms with Crippen LogP contribution in [0.5, 0.6) is 0 Å². The number of fused-ring (bicyclic) bond motifs is 1. The predicted octanol–water partition coefficient (Wildman–Crippen LogP) is 2.54. The number of aryl methyl sites for hydroxylation is 1. The second-order valence-electron chi connectivity index (χ2n) is 4.23. The molecule has 0 amide bonds. The molecular formula is C13H16N2O. The first-order chi connectivity index (χ1) is 7.63. The minimum absolute atomic E-state index is 0.0443. The zero-order valence-corrected chi connectivity index (χ0v) is 9.90. The summed E-state index contributed by atoms with van der Waals surface area (Å²) in [5.74, 6) is 0.387. The molecule has 0 aliphatic carbocycles. The molecule has 0 aliphatic rings. The van der Waals surface area contributed by atoms with Crippen LogP contribution in [0.1, 0.15) is 32.4 Å². The minimum Gasteiger partial charge on any atom is -0.315 e. The average molecular weight is 216 g/mol. The highest BCUT2D eigenvalue weighted by Crippen LogP contribution is 2.15. The van der Waals surface area contributed by atoms with Gasteiger partial charge in [-0.2, -0.15) is 0 Å². The molecule has 2 rings (SSSR count). The summed E-state index contributed by atoms with van der Waals surface area (Å²) in [6.07, 6.45) is 1.81. The molecule has 2 aromatic heterocycles. The maximum absolute atomic E-state index is 12.0. The molecule has 0 bridgehead atoms. The summed E-state index contributed by atoms with van der Waals surface area (Å²) in [5, 5.41) is 0.703. The molecule has 0 radical (unpaired) electrons. The van der Waals surface area contributed by atoms with Gasteiger partial charge in [0.2, 0.25) is 0 Å². The molecule has 0 N–H and O–H groups in total. The molecule has 0 saturated carbocycles. The first-order valence-electron chi connectivity index (χ1n) is 5.63. The van der Waals surface area contributed by atoms with Crippen molar-refractivity contribution in [3.05, 3.63) is 40.4 Å². The van der Waals surface area contributed by atoms with Gasteiger partial charge in [-0.3, -0.25) is 9.78 Å². The van der Waals surface area contributed by atoms with E-state index in [9.17, 15) is 4.79 Å². The smallest absolute Gasteiger partial charge is 0.259 e. The van der Waals surface area contributed by atoms with Crippen molar-refractivity contribution in [3.8, 4) is 0 Å². The highest BCUT2D eigenvalue weighted by molar-refractivity contribution is 5.77. The summed E-state index contributed by atoms with van der Waals surface area (Å²) < 4.78 is 1.69. The van der Waals surface area contributed by atoms with Gasteiger partial charge in [-0.1, -0.05) is 13.8 Å². The standard InChI is InChI=1S/C13H16N2O/c1-4-15-8-7-12-10(13(15)16)5-6-11(14-12)9(2)3/h5-9H,4H2,1-3H3. The van der Waals surface area contributed by atoms with E-state index >= 15 is 0 Å². The fourth-order valence-corrected chi connectivity index (χ4v) is 1.75. The van der Waals surface area contributed by atoms with Crippen LogP contribution < -0.4 is 5.56 Å². The minimum atomic E-state index is 0.0443.